The first-order chi connectivity index (χ1) is 8.75. The maximum atomic E-state index is 12.8. The average Bonchev–Trinajstić information content (AvgIpc) is 2.27. The summed E-state index contributed by atoms with van der Waals surface area (Å²) in [4.78, 5) is 10.8. The molecule has 1 aromatic rings. The van der Waals surface area contributed by atoms with Crippen molar-refractivity contribution in [3.63, 3.8) is 0 Å². The Bertz CT molecular complexity index is 463. The Morgan fingerprint density at radius 2 is 2.11 bits per heavy atom. The van der Waals surface area contributed by atoms with Gasteiger partial charge in [-0.15, -0.1) is 0 Å². The maximum absolute atomic E-state index is 12.8. The molecule has 1 aromatic carbocycles. The Morgan fingerprint density at radius 3 is 2.58 bits per heavy atom. The lowest BCUT2D eigenvalue weighted by molar-refractivity contribution is -0.138. The molecule has 3 nitrogen and oxygen atoms in total. The van der Waals surface area contributed by atoms with E-state index in [-0.39, 0.29) is 11.7 Å². The molecule has 0 aliphatic rings. The molecule has 2 N–H and O–H groups in total. The zero-order chi connectivity index (χ0) is 14.6. The number of carboxylic acids is 1. The number of rotatable bonds is 5. The number of carboxylic acid groups (broad SMARTS) is 1. The standard InChI is InChI=1S/C12H14F3NO2S/c1-7(6-19-2)16-8-3-4-9(11(17)18)10(5-8)12(13,14)15/h3-5,7,16H,6H2,1-2H3,(H,17,18). The van der Waals surface area contributed by atoms with Gasteiger partial charge in [-0.25, -0.2) is 4.79 Å². The SMILES string of the molecule is CSCC(C)Nc1ccc(C(=O)O)c(C(F)(F)F)c1. The van der Waals surface area contributed by atoms with Crippen LogP contribution in [0.2, 0.25) is 0 Å². The van der Waals surface area contributed by atoms with Gasteiger partial charge in [-0.2, -0.15) is 24.9 Å². The highest BCUT2D eigenvalue weighted by atomic mass is 32.2. The molecule has 0 spiro atoms. The minimum atomic E-state index is -4.69. The van der Waals surface area contributed by atoms with E-state index in [1.165, 1.54) is 6.07 Å². The molecule has 1 rings (SSSR count). The molecule has 106 valence electrons. The lowest BCUT2D eigenvalue weighted by Crippen LogP contribution is -2.19. The highest BCUT2D eigenvalue weighted by Crippen LogP contribution is 2.34. The molecule has 0 fully saturated rings. The zero-order valence-electron chi connectivity index (χ0n) is 10.4. The molecule has 0 amide bonds. The van der Waals surface area contributed by atoms with E-state index in [1.807, 2.05) is 13.2 Å². The highest BCUT2D eigenvalue weighted by Gasteiger charge is 2.35. The third kappa shape index (κ3) is 4.34. The van der Waals surface area contributed by atoms with Crippen LogP contribution in [0.4, 0.5) is 18.9 Å². The van der Waals surface area contributed by atoms with E-state index in [2.05, 4.69) is 5.32 Å². The quantitative estimate of drug-likeness (QED) is 0.871. The van der Waals surface area contributed by atoms with Crippen LogP contribution in [0.25, 0.3) is 0 Å². The molecule has 1 unspecified atom stereocenters. The van der Waals surface area contributed by atoms with Gasteiger partial charge in [0.05, 0.1) is 11.1 Å². The van der Waals surface area contributed by atoms with Gasteiger partial charge in [-0.1, -0.05) is 0 Å². The Hall–Kier alpha value is -1.37. The van der Waals surface area contributed by atoms with Crippen LogP contribution in [0.3, 0.4) is 0 Å². The van der Waals surface area contributed by atoms with Crippen LogP contribution in [-0.4, -0.2) is 29.1 Å². The Morgan fingerprint density at radius 1 is 1.47 bits per heavy atom. The summed E-state index contributed by atoms with van der Waals surface area (Å²) in [6.07, 6.45) is -2.79. The molecule has 0 aliphatic heterocycles. The first-order valence-corrected chi connectivity index (χ1v) is 6.85. The largest absolute Gasteiger partial charge is 0.478 e. The highest BCUT2D eigenvalue weighted by molar-refractivity contribution is 7.98. The number of alkyl halides is 3. The van der Waals surface area contributed by atoms with Crippen LogP contribution < -0.4 is 5.32 Å². The van der Waals surface area contributed by atoms with Gasteiger partial charge in [0.2, 0.25) is 0 Å². The maximum Gasteiger partial charge on any atom is 0.417 e. The lowest BCUT2D eigenvalue weighted by atomic mass is 10.1. The lowest BCUT2D eigenvalue weighted by Gasteiger charge is -2.17. The van der Waals surface area contributed by atoms with E-state index >= 15 is 0 Å². The van der Waals surface area contributed by atoms with Crippen LogP contribution in [0, 0.1) is 0 Å². The van der Waals surface area contributed by atoms with E-state index in [4.69, 9.17) is 5.11 Å². The molecular weight excluding hydrogens is 279 g/mol. The minimum Gasteiger partial charge on any atom is -0.478 e. The molecule has 19 heavy (non-hydrogen) atoms. The van der Waals surface area contributed by atoms with Gasteiger partial charge in [0.1, 0.15) is 0 Å². The third-order valence-electron chi connectivity index (χ3n) is 2.39. The van der Waals surface area contributed by atoms with Crippen LogP contribution in [0.5, 0.6) is 0 Å². The summed E-state index contributed by atoms with van der Waals surface area (Å²) in [5.41, 5.74) is -1.62. The smallest absolute Gasteiger partial charge is 0.417 e. The summed E-state index contributed by atoms with van der Waals surface area (Å²) in [6, 6.07) is 3.14. The number of carbonyl (C=O) groups is 1. The van der Waals surface area contributed by atoms with E-state index in [1.54, 1.807) is 11.8 Å². The fourth-order valence-electron chi connectivity index (χ4n) is 1.63. The summed E-state index contributed by atoms with van der Waals surface area (Å²) < 4.78 is 38.3. The van der Waals surface area contributed by atoms with Crippen LogP contribution >= 0.6 is 11.8 Å². The number of anilines is 1. The second-order valence-electron chi connectivity index (χ2n) is 4.06. The molecule has 0 saturated heterocycles. The van der Waals surface area contributed by atoms with E-state index < -0.39 is 23.3 Å². The van der Waals surface area contributed by atoms with Gasteiger partial charge in [0.25, 0.3) is 0 Å². The third-order valence-corrected chi connectivity index (χ3v) is 3.22. The van der Waals surface area contributed by atoms with Crippen molar-refractivity contribution in [2.45, 2.75) is 19.1 Å². The molecule has 0 saturated carbocycles. The first kappa shape index (κ1) is 15.7. The van der Waals surface area contributed by atoms with Gasteiger partial charge in [-0.3, -0.25) is 0 Å². The molecule has 0 bridgehead atoms. The molecule has 0 aromatic heterocycles. The predicted molar refractivity (Wildman–Crippen MR) is 69.9 cm³/mol. The first-order valence-electron chi connectivity index (χ1n) is 5.45. The summed E-state index contributed by atoms with van der Waals surface area (Å²) in [5, 5.41) is 11.7. The average molecular weight is 293 g/mol. The monoisotopic (exact) mass is 293 g/mol. The summed E-state index contributed by atoms with van der Waals surface area (Å²) in [7, 11) is 0. The topological polar surface area (TPSA) is 49.3 Å². The number of thioether (sulfide) groups is 1. The van der Waals surface area contributed by atoms with Crippen LogP contribution in [-0.2, 0) is 6.18 Å². The van der Waals surface area contributed by atoms with Crippen molar-refractivity contribution in [3.8, 4) is 0 Å². The summed E-state index contributed by atoms with van der Waals surface area (Å²) in [5.74, 6) is -0.849. The number of halogens is 3. The summed E-state index contributed by atoms with van der Waals surface area (Å²) in [6.45, 7) is 1.84. The van der Waals surface area contributed by atoms with Crippen LogP contribution in [0.15, 0.2) is 18.2 Å². The molecule has 0 aliphatic carbocycles. The summed E-state index contributed by atoms with van der Waals surface area (Å²) >= 11 is 1.57. The van der Waals surface area contributed by atoms with Crippen molar-refractivity contribution in [2.75, 3.05) is 17.3 Å². The fraction of sp³-hybridized carbons (Fsp3) is 0.417. The second-order valence-corrected chi connectivity index (χ2v) is 4.97. The predicted octanol–water partition coefficient (Wildman–Crippen LogP) is 3.57. The van der Waals surface area contributed by atoms with Crippen molar-refractivity contribution >= 4 is 23.4 Å². The number of hydrogen-bond donors (Lipinski definition) is 2. The van der Waals surface area contributed by atoms with Crippen LogP contribution in [0.1, 0.15) is 22.8 Å². The van der Waals surface area contributed by atoms with Gasteiger partial charge in [0, 0.05) is 17.5 Å². The molecule has 0 heterocycles. The minimum absolute atomic E-state index is 0.00763. The Labute approximate surface area is 113 Å². The van der Waals surface area contributed by atoms with Crippen molar-refractivity contribution in [3.05, 3.63) is 29.3 Å². The van der Waals surface area contributed by atoms with Crippen molar-refractivity contribution in [1.82, 2.24) is 0 Å². The van der Waals surface area contributed by atoms with Gasteiger partial charge in [0.15, 0.2) is 0 Å². The van der Waals surface area contributed by atoms with Gasteiger partial charge >= 0.3 is 12.1 Å². The number of hydrogen-bond acceptors (Lipinski definition) is 3. The van der Waals surface area contributed by atoms with E-state index in [0.717, 1.165) is 17.9 Å². The van der Waals surface area contributed by atoms with Gasteiger partial charge in [-0.05, 0) is 31.4 Å². The zero-order valence-corrected chi connectivity index (χ0v) is 11.2. The Balaban J connectivity index is 3.09. The molecule has 0 radical (unpaired) electrons. The molecular formula is C12H14F3NO2S. The number of nitrogens with one attached hydrogen (secondary N) is 1. The number of benzene rings is 1. The molecule has 7 heteroatoms. The number of aromatic carboxylic acids is 1. The van der Waals surface area contributed by atoms with Gasteiger partial charge < -0.3 is 10.4 Å². The molecule has 1 atom stereocenters. The Kier molecular flexibility index (Phi) is 5.11. The normalized spacial score (nSPS) is 13.1. The van der Waals surface area contributed by atoms with Crippen molar-refractivity contribution in [1.29, 1.82) is 0 Å². The van der Waals surface area contributed by atoms with E-state index in [9.17, 15) is 18.0 Å². The van der Waals surface area contributed by atoms with E-state index in [0.29, 0.717) is 0 Å². The second kappa shape index (κ2) is 6.18. The fourth-order valence-corrected chi connectivity index (χ4v) is 2.21. The van der Waals surface area contributed by atoms with Crippen molar-refractivity contribution < 1.29 is 23.1 Å². The van der Waals surface area contributed by atoms with Crippen molar-refractivity contribution in [2.24, 2.45) is 0 Å².